The summed E-state index contributed by atoms with van der Waals surface area (Å²) in [5, 5.41) is 0. The summed E-state index contributed by atoms with van der Waals surface area (Å²) in [5.74, 6) is -2.21. The Balaban J connectivity index is -0.000000234. The van der Waals surface area contributed by atoms with E-state index < -0.39 is 10.8 Å². The fourth-order valence-corrected chi connectivity index (χ4v) is 1.34. The molecular formula is C28H52O12. The monoisotopic (exact) mass is 580 g/mol. The van der Waals surface area contributed by atoms with Crippen molar-refractivity contribution in [1.82, 2.24) is 0 Å². The highest BCUT2D eigenvalue weighted by Gasteiger charge is 2.26. The normalized spacial score (nSPS) is 10.2. The molecule has 0 heterocycles. The third-order valence-electron chi connectivity index (χ3n) is 3.98. The molecule has 0 spiro atoms. The average molecular weight is 581 g/mol. The predicted molar refractivity (Wildman–Crippen MR) is 147 cm³/mol. The number of carbonyl (C=O) groups is 6. The van der Waals surface area contributed by atoms with Gasteiger partial charge in [-0.1, -0.05) is 41.5 Å². The van der Waals surface area contributed by atoms with Crippen molar-refractivity contribution >= 4 is 35.8 Å². The van der Waals surface area contributed by atoms with Gasteiger partial charge >= 0.3 is 35.8 Å². The maximum atomic E-state index is 11.3. The Hall–Kier alpha value is -3.18. The minimum absolute atomic E-state index is 0.157. The number of carbonyl (C=O) groups excluding carboxylic acids is 6. The van der Waals surface area contributed by atoms with Gasteiger partial charge in [0.15, 0.2) is 0 Å². The van der Waals surface area contributed by atoms with Crippen molar-refractivity contribution in [2.75, 3.05) is 27.8 Å². The molecule has 0 amide bonds. The fourth-order valence-electron chi connectivity index (χ4n) is 1.34. The molecule has 12 nitrogen and oxygen atoms in total. The van der Waals surface area contributed by atoms with Crippen LogP contribution >= 0.6 is 0 Å². The second-order valence-electron chi connectivity index (χ2n) is 10.7. The average Bonchev–Trinajstić information content (AvgIpc) is 2.87. The summed E-state index contributed by atoms with van der Waals surface area (Å²) in [6.45, 7) is 20.2. The lowest BCUT2D eigenvalue weighted by molar-refractivity contribution is -0.178. The van der Waals surface area contributed by atoms with E-state index in [-0.39, 0.29) is 61.2 Å². The van der Waals surface area contributed by atoms with Crippen LogP contribution in [0.15, 0.2) is 0 Å². The van der Waals surface area contributed by atoms with Gasteiger partial charge in [-0.25, -0.2) is 0 Å². The molecule has 0 rings (SSSR count). The van der Waals surface area contributed by atoms with Crippen LogP contribution in [0.25, 0.3) is 0 Å². The Kier molecular flexibility index (Phi) is 26.0. The second-order valence-corrected chi connectivity index (χ2v) is 10.7. The van der Waals surface area contributed by atoms with Crippen molar-refractivity contribution in [2.45, 2.75) is 95.9 Å². The van der Waals surface area contributed by atoms with Crippen molar-refractivity contribution < 1.29 is 57.2 Å². The molecule has 0 radical (unpaired) electrons. The molecule has 0 bridgehead atoms. The highest BCUT2D eigenvalue weighted by atomic mass is 16.7. The SMILES string of the molecule is CC(C)(C)C(=O)OCOC(=O)C(C)(C)C.CC(C)C(=O)OCOC(=O)C(C)C.CCC(=O)OC.CCC(=O)OC. The molecule has 0 aliphatic rings. The van der Waals surface area contributed by atoms with E-state index in [1.54, 1.807) is 83.1 Å². The van der Waals surface area contributed by atoms with Crippen molar-refractivity contribution in [3.05, 3.63) is 0 Å². The zero-order valence-electron chi connectivity index (χ0n) is 26.9. The number of methoxy groups -OCH3 is 2. The lowest BCUT2D eigenvalue weighted by Gasteiger charge is -2.19. The van der Waals surface area contributed by atoms with Gasteiger partial charge in [0.1, 0.15) is 0 Å². The third-order valence-corrected chi connectivity index (χ3v) is 3.98. The molecule has 236 valence electrons. The minimum Gasteiger partial charge on any atom is -0.469 e. The standard InChI is InChI=1S/C11H20O4.C9H16O4.2C4H8O2/c1-10(2,3)8(12)14-7-15-9(13)11(4,5)6;1-6(2)8(10)12-5-13-9(11)7(3)4;2*1-3-4(5)6-2/h7H2,1-6H3;6-7H,5H2,1-4H3;2*3H2,1-2H3. The lowest BCUT2D eigenvalue weighted by atomic mass is 9.97. The molecule has 40 heavy (non-hydrogen) atoms. The summed E-state index contributed by atoms with van der Waals surface area (Å²) < 4.78 is 27.4. The molecule has 0 unspecified atom stereocenters. The Morgan fingerprint density at radius 1 is 0.525 bits per heavy atom. The van der Waals surface area contributed by atoms with E-state index >= 15 is 0 Å². The number of hydrogen-bond acceptors (Lipinski definition) is 12. The molecule has 0 atom stereocenters. The van der Waals surface area contributed by atoms with E-state index in [1.165, 1.54) is 14.2 Å². The first kappa shape index (κ1) is 43.9. The number of ether oxygens (including phenoxy) is 6. The topological polar surface area (TPSA) is 158 Å². The smallest absolute Gasteiger partial charge is 0.314 e. The summed E-state index contributed by atoms with van der Waals surface area (Å²) in [4.78, 5) is 64.2. The molecule has 0 fully saturated rings. The van der Waals surface area contributed by atoms with Crippen LogP contribution in [0.5, 0.6) is 0 Å². The summed E-state index contributed by atoms with van der Waals surface area (Å²) in [6.07, 6.45) is 0.938. The van der Waals surface area contributed by atoms with Gasteiger partial charge in [0.25, 0.3) is 0 Å². The highest BCUT2D eigenvalue weighted by molar-refractivity contribution is 5.77. The van der Waals surface area contributed by atoms with E-state index in [0.29, 0.717) is 12.8 Å². The lowest BCUT2D eigenvalue weighted by Crippen LogP contribution is -2.28. The minimum atomic E-state index is -0.575. The van der Waals surface area contributed by atoms with E-state index in [0.717, 1.165) is 0 Å². The molecule has 0 aromatic heterocycles. The molecule has 0 N–H and O–H groups in total. The summed E-state index contributed by atoms with van der Waals surface area (Å²) in [7, 11) is 2.76. The van der Waals surface area contributed by atoms with Gasteiger partial charge in [-0.15, -0.1) is 0 Å². The van der Waals surface area contributed by atoms with Gasteiger partial charge in [0, 0.05) is 12.8 Å². The van der Waals surface area contributed by atoms with Crippen molar-refractivity contribution in [3.8, 4) is 0 Å². The second kappa shape index (κ2) is 23.7. The van der Waals surface area contributed by atoms with Gasteiger partial charge < -0.3 is 28.4 Å². The number of hydrogen-bond donors (Lipinski definition) is 0. The van der Waals surface area contributed by atoms with Gasteiger partial charge in [-0.05, 0) is 41.5 Å². The zero-order chi connectivity index (χ0) is 32.7. The molecule has 0 aliphatic heterocycles. The van der Waals surface area contributed by atoms with Crippen molar-refractivity contribution in [1.29, 1.82) is 0 Å². The summed E-state index contributed by atoms with van der Waals surface area (Å²) in [6, 6.07) is 0. The Morgan fingerprint density at radius 3 is 0.925 bits per heavy atom. The molecule has 0 aliphatic carbocycles. The Morgan fingerprint density at radius 2 is 0.775 bits per heavy atom. The van der Waals surface area contributed by atoms with E-state index in [1.807, 2.05) is 0 Å². The van der Waals surface area contributed by atoms with Crippen LogP contribution in [-0.2, 0) is 57.2 Å². The van der Waals surface area contributed by atoms with Gasteiger partial charge in [0.2, 0.25) is 13.6 Å². The van der Waals surface area contributed by atoms with Crippen LogP contribution < -0.4 is 0 Å². The number of esters is 6. The molecule has 12 heteroatoms. The molecule has 0 saturated carbocycles. The van der Waals surface area contributed by atoms with Crippen LogP contribution in [0.1, 0.15) is 95.9 Å². The van der Waals surface area contributed by atoms with Crippen LogP contribution in [0.3, 0.4) is 0 Å². The predicted octanol–water partition coefficient (Wildman–Crippen LogP) is 4.60. The van der Waals surface area contributed by atoms with Crippen molar-refractivity contribution in [2.24, 2.45) is 22.7 Å². The first-order chi connectivity index (χ1) is 18.1. The Bertz CT molecular complexity index is 682. The van der Waals surface area contributed by atoms with Gasteiger partial charge in [-0.3, -0.25) is 28.8 Å². The fraction of sp³-hybridized carbons (Fsp3) is 0.786. The van der Waals surface area contributed by atoms with Crippen LogP contribution in [0, 0.1) is 22.7 Å². The van der Waals surface area contributed by atoms with Crippen molar-refractivity contribution in [3.63, 3.8) is 0 Å². The highest BCUT2D eigenvalue weighted by Crippen LogP contribution is 2.17. The van der Waals surface area contributed by atoms with Crippen LogP contribution in [0.4, 0.5) is 0 Å². The third kappa shape index (κ3) is 29.4. The quantitative estimate of drug-likeness (QED) is 0.223. The van der Waals surface area contributed by atoms with Crippen LogP contribution in [0.2, 0.25) is 0 Å². The molecule has 0 saturated heterocycles. The molecular weight excluding hydrogens is 528 g/mol. The van der Waals surface area contributed by atoms with Gasteiger partial charge in [0.05, 0.1) is 36.9 Å². The maximum Gasteiger partial charge on any atom is 0.314 e. The first-order valence-corrected chi connectivity index (χ1v) is 12.9. The first-order valence-electron chi connectivity index (χ1n) is 12.9. The van der Waals surface area contributed by atoms with Gasteiger partial charge in [-0.2, -0.15) is 0 Å². The van der Waals surface area contributed by atoms with E-state index in [4.69, 9.17) is 9.47 Å². The van der Waals surface area contributed by atoms with E-state index in [2.05, 4.69) is 18.9 Å². The summed E-state index contributed by atoms with van der Waals surface area (Å²) in [5.41, 5.74) is -1.15. The summed E-state index contributed by atoms with van der Waals surface area (Å²) >= 11 is 0. The maximum absolute atomic E-state index is 11.3. The van der Waals surface area contributed by atoms with Crippen LogP contribution in [-0.4, -0.2) is 63.6 Å². The Labute approximate surface area is 239 Å². The zero-order valence-corrected chi connectivity index (χ0v) is 26.9. The molecule has 0 aromatic carbocycles. The number of rotatable bonds is 8. The molecule has 0 aromatic rings. The van der Waals surface area contributed by atoms with E-state index in [9.17, 15) is 28.8 Å². The largest absolute Gasteiger partial charge is 0.469 e.